The maximum absolute atomic E-state index is 2.43. The van der Waals surface area contributed by atoms with Crippen molar-refractivity contribution < 1.29 is 0 Å². The van der Waals surface area contributed by atoms with Crippen molar-refractivity contribution in [2.75, 3.05) is 0 Å². The lowest BCUT2D eigenvalue weighted by molar-refractivity contribution is 0.867. The van der Waals surface area contributed by atoms with E-state index in [0.29, 0.717) is 17.8 Å². The van der Waals surface area contributed by atoms with Gasteiger partial charge in [-0.25, -0.2) is 0 Å². The highest BCUT2D eigenvalue weighted by Gasteiger charge is 2.17. The Morgan fingerprint density at radius 2 is 0.341 bits per heavy atom. The van der Waals surface area contributed by atoms with E-state index in [2.05, 4.69) is 325 Å². The second-order valence-electron chi connectivity index (χ2n) is 23.1. The molecule has 0 aliphatic carbocycles. The second-order valence-corrected chi connectivity index (χ2v) is 23.1. The number of rotatable bonds is 13. The Morgan fingerprint density at radius 3 is 0.537 bits per heavy atom. The molecule has 82 heavy (non-hydrogen) atoms. The number of benzene rings is 12. The molecule has 0 radical (unpaired) electrons. The fourth-order valence-corrected chi connectivity index (χ4v) is 11.8. The first kappa shape index (κ1) is 51.9. The molecule has 0 spiro atoms. The second kappa shape index (κ2) is 22.2. The zero-order valence-corrected chi connectivity index (χ0v) is 47.7. The van der Waals surface area contributed by atoms with Crippen LogP contribution in [-0.4, -0.2) is 4.57 Å². The van der Waals surface area contributed by atoms with Crippen molar-refractivity contribution >= 4 is 21.8 Å². The molecule has 396 valence electrons. The molecule has 0 fully saturated rings. The lowest BCUT2D eigenvalue weighted by Gasteiger charge is -2.11. The molecule has 0 atom stereocenters. The molecule has 0 bridgehead atoms. The quantitative estimate of drug-likeness (QED) is 0.108. The number of nitrogens with zero attached hydrogens (tertiary/aromatic N) is 1. The highest BCUT2D eigenvalue weighted by Crippen LogP contribution is 2.40. The van der Waals surface area contributed by atoms with Gasteiger partial charge in [0.05, 0.1) is 11.0 Å². The van der Waals surface area contributed by atoms with Crippen molar-refractivity contribution in [3.8, 4) is 106 Å². The first-order chi connectivity index (χ1) is 40.1. The van der Waals surface area contributed by atoms with Crippen LogP contribution in [0, 0.1) is 0 Å². The van der Waals surface area contributed by atoms with Crippen molar-refractivity contribution in [3.63, 3.8) is 0 Å². The Kier molecular flexibility index (Phi) is 14.0. The Hall–Kier alpha value is -9.56. The predicted octanol–water partition coefficient (Wildman–Crippen LogP) is 23.2. The van der Waals surface area contributed by atoms with Crippen molar-refractivity contribution in [1.82, 2.24) is 4.57 Å². The van der Waals surface area contributed by atoms with E-state index < -0.39 is 0 Å². The lowest BCUT2D eigenvalue weighted by atomic mass is 9.95. The van der Waals surface area contributed by atoms with Crippen molar-refractivity contribution in [2.45, 2.75) is 59.3 Å². The van der Waals surface area contributed by atoms with Crippen LogP contribution in [0.25, 0.3) is 128 Å². The van der Waals surface area contributed by atoms with Gasteiger partial charge in [0, 0.05) is 16.5 Å². The third-order valence-electron chi connectivity index (χ3n) is 16.9. The summed E-state index contributed by atoms with van der Waals surface area (Å²) in [4.78, 5) is 0. The molecule has 0 amide bonds. The summed E-state index contributed by atoms with van der Waals surface area (Å²) < 4.78 is 2.43. The molecule has 1 aromatic heterocycles. The van der Waals surface area contributed by atoms with E-state index in [-0.39, 0.29) is 0 Å². The number of fused-ring (bicyclic) bond motifs is 3. The number of hydrogen-bond acceptors (Lipinski definition) is 0. The van der Waals surface area contributed by atoms with Gasteiger partial charge in [0.25, 0.3) is 0 Å². The summed E-state index contributed by atoms with van der Waals surface area (Å²) in [5.74, 6) is 1.57. The van der Waals surface area contributed by atoms with Crippen LogP contribution in [0.4, 0.5) is 0 Å². The van der Waals surface area contributed by atoms with Crippen LogP contribution >= 0.6 is 0 Å². The fraction of sp³-hybridized carbons (Fsp3) is 0.111. The van der Waals surface area contributed by atoms with E-state index in [1.54, 1.807) is 0 Å². The first-order valence-electron chi connectivity index (χ1n) is 29.2. The van der Waals surface area contributed by atoms with E-state index in [1.807, 2.05) is 0 Å². The van der Waals surface area contributed by atoms with Crippen molar-refractivity contribution in [3.05, 3.63) is 296 Å². The molecule has 1 heterocycles. The fourth-order valence-electron chi connectivity index (χ4n) is 11.8. The molecule has 1 nitrogen and oxygen atoms in total. The van der Waals surface area contributed by atoms with Crippen LogP contribution in [-0.2, 0) is 0 Å². The van der Waals surface area contributed by atoms with E-state index in [1.165, 1.54) is 139 Å². The predicted molar refractivity (Wildman–Crippen MR) is 352 cm³/mol. The van der Waals surface area contributed by atoms with Gasteiger partial charge in [0.15, 0.2) is 0 Å². The van der Waals surface area contributed by atoms with Crippen LogP contribution in [0.2, 0.25) is 0 Å². The van der Waals surface area contributed by atoms with Gasteiger partial charge in [0.2, 0.25) is 0 Å². The van der Waals surface area contributed by atoms with Crippen LogP contribution in [0.3, 0.4) is 0 Å². The average molecular weight is 1050 g/mol. The molecule has 12 aromatic carbocycles. The summed E-state index contributed by atoms with van der Waals surface area (Å²) in [5.41, 5.74) is 29.4. The molecule has 0 aliphatic heterocycles. The smallest absolute Gasteiger partial charge is 0.0541 e. The van der Waals surface area contributed by atoms with Crippen LogP contribution < -0.4 is 0 Å². The summed E-state index contributed by atoms with van der Waals surface area (Å²) in [6.45, 7) is 13.4. The SMILES string of the molecule is CC(C)c1ccc(-c2ccc(-c3ccc(-c4ccc(-n5c6ccc(-c7ccc(-c8ccc(-c9ccc(C(C)C)cc9)cc8)cc7)cc6c6cc(-c7ccc(-c8ccc(-c9ccc(C(C)C)cc9)cc8)cc7)ccc65)cc4)cc3)cc2)cc1. The van der Waals surface area contributed by atoms with Crippen LogP contribution in [0.15, 0.2) is 279 Å². The van der Waals surface area contributed by atoms with E-state index in [9.17, 15) is 0 Å². The molecule has 0 unspecified atom stereocenters. The van der Waals surface area contributed by atoms with Crippen molar-refractivity contribution in [2.24, 2.45) is 0 Å². The van der Waals surface area contributed by atoms with Gasteiger partial charge in [-0.2, -0.15) is 0 Å². The Morgan fingerprint density at radius 1 is 0.183 bits per heavy atom. The van der Waals surface area contributed by atoms with Gasteiger partial charge in [-0.05, 0) is 171 Å². The van der Waals surface area contributed by atoms with Crippen molar-refractivity contribution in [1.29, 1.82) is 0 Å². The zero-order chi connectivity index (χ0) is 55.8. The minimum Gasteiger partial charge on any atom is -0.309 e. The molecule has 0 N–H and O–H groups in total. The minimum absolute atomic E-state index is 0.522. The summed E-state index contributed by atoms with van der Waals surface area (Å²) >= 11 is 0. The van der Waals surface area contributed by atoms with E-state index in [4.69, 9.17) is 0 Å². The standard InChI is InChI=1S/C81H67N/c1-53(2)56-7-13-59(14-8-56)62-19-25-65(26-20-62)66-31-33-71(34-32-66)72-43-47-77(48-44-72)82-80-49-45-75(73-39-35-69(36-40-73)67-27-21-63(22-28-67)60-15-9-57(10-16-60)54(3)4)51-78(80)79-52-76(46-50-81(79)82)74-41-37-70(38-42-74)68-29-23-64(24-30-68)61-17-11-58(12-18-61)55(5)6/h7-55H,1-6H3. The van der Waals surface area contributed by atoms with Crippen LogP contribution in [0.1, 0.15) is 76.0 Å². The highest BCUT2D eigenvalue weighted by atomic mass is 15.0. The van der Waals surface area contributed by atoms with Gasteiger partial charge in [-0.3, -0.25) is 0 Å². The number of hydrogen-bond donors (Lipinski definition) is 0. The molecular weight excluding hydrogens is 987 g/mol. The molecule has 1 heteroatoms. The third-order valence-corrected chi connectivity index (χ3v) is 16.9. The maximum Gasteiger partial charge on any atom is 0.0541 e. The van der Waals surface area contributed by atoms with Gasteiger partial charge >= 0.3 is 0 Å². The Bertz CT molecular complexity index is 4130. The molecule has 13 aromatic rings. The molecule has 13 rings (SSSR count). The first-order valence-corrected chi connectivity index (χ1v) is 29.2. The van der Waals surface area contributed by atoms with Crippen LogP contribution in [0.5, 0.6) is 0 Å². The number of aromatic nitrogens is 1. The highest BCUT2D eigenvalue weighted by molar-refractivity contribution is 6.11. The summed E-state index contributed by atoms with van der Waals surface area (Å²) in [7, 11) is 0. The molecule has 0 saturated carbocycles. The van der Waals surface area contributed by atoms with Gasteiger partial charge in [-0.15, -0.1) is 0 Å². The topological polar surface area (TPSA) is 4.93 Å². The average Bonchev–Trinajstić information content (AvgIpc) is 4.05. The molecule has 0 saturated heterocycles. The summed E-state index contributed by atoms with van der Waals surface area (Å²) in [6, 6.07) is 104. The molecular formula is C81H67N. The minimum atomic E-state index is 0.522. The monoisotopic (exact) mass is 1050 g/mol. The Labute approximate surface area is 484 Å². The maximum atomic E-state index is 2.43. The summed E-state index contributed by atoms with van der Waals surface area (Å²) in [6.07, 6.45) is 0. The van der Waals surface area contributed by atoms with Gasteiger partial charge in [0.1, 0.15) is 0 Å². The van der Waals surface area contributed by atoms with Gasteiger partial charge < -0.3 is 4.57 Å². The zero-order valence-electron chi connectivity index (χ0n) is 47.7. The Balaban J connectivity index is 0.796. The third kappa shape index (κ3) is 10.4. The normalized spacial score (nSPS) is 11.6. The van der Waals surface area contributed by atoms with E-state index >= 15 is 0 Å². The molecule has 0 aliphatic rings. The van der Waals surface area contributed by atoms with Gasteiger partial charge in [-0.1, -0.05) is 284 Å². The largest absolute Gasteiger partial charge is 0.309 e. The van der Waals surface area contributed by atoms with E-state index in [0.717, 1.165) is 5.69 Å². The lowest BCUT2D eigenvalue weighted by Crippen LogP contribution is -1.94. The summed E-state index contributed by atoms with van der Waals surface area (Å²) in [5, 5.41) is 2.45.